The minimum Gasteiger partial charge on any atom is -0.420 e. The number of nitrogens with zero attached hydrogens (tertiary/aromatic N) is 1. The van der Waals surface area contributed by atoms with Gasteiger partial charge in [-0.2, -0.15) is 0 Å². The molecule has 1 aliphatic rings. The van der Waals surface area contributed by atoms with Crippen LogP contribution in [-0.2, 0) is 15.4 Å². The smallest absolute Gasteiger partial charge is 0.420 e. The first-order valence-corrected chi connectivity index (χ1v) is 11.7. The van der Waals surface area contributed by atoms with Crippen molar-refractivity contribution in [1.29, 1.82) is 0 Å². The zero-order valence-corrected chi connectivity index (χ0v) is 19.3. The SMILES string of the molecule is CC1(C)CN(S(C)(=O)=O)c2cc(C(=O)Nc3ccc(OC(F)(F)Cl)cc3)cc(Br)c21. The molecule has 0 radical (unpaired) electrons. The highest BCUT2D eigenvalue weighted by Crippen LogP contribution is 2.46. The van der Waals surface area contributed by atoms with Crippen LogP contribution < -0.4 is 14.4 Å². The summed E-state index contributed by atoms with van der Waals surface area (Å²) in [5, 5.41) is 2.64. The van der Waals surface area contributed by atoms with Crippen LogP contribution in [0.25, 0.3) is 0 Å². The van der Waals surface area contributed by atoms with E-state index in [0.29, 0.717) is 15.8 Å². The van der Waals surface area contributed by atoms with Crippen LogP contribution in [0.1, 0.15) is 29.8 Å². The summed E-state index contributed by atoms with van der Waals surface area (Å²) in [4.78, 5) is 12.7. The van der Waals surface area contributed by atoms with E-state index in [0.717, 1.165) is 11.8 Å². The van der Waals surface area contributed by atoms with E-state index in [1.54, 1.807) is 6.07 Å². The van der Waals surface area contributed by atoms with Crippen LogP contribution in [0.5, 0.6) is 5.75 Å². The molecule has 0 saturated carbocycles. The van der Waals surface area contributed by atoms with Gasteiger partial charge < -0.3 is 10.1 Å². The molecule has 0 fully saturated rings. The third-order valence-electron chi connectivity index (χ3n) is 4.56. The molecule has 0 bridgehead atoms. The summed E-state index contributed by atoms with van der Waals surface area (Å²) < 4.78 is 56.0. The maximum atomic E-state index is 12.7. The normalized spacial score (nSPS) is 15.6. The Morgan fingerprint density at radius 3 is 2.40 bits per heavy atom. The number of alkyl halides is 3. The van der Waals surface area contributed by atoms with Gasteiger partial charge in [-0.25, -0.2) is 8.42 Å². The Bertz CT molecular complexity index is 1100. The minimum absolute atomic E-state index is 0.167. The van der Waals surface area contributed by atoms with E-state index in [1.165, 1.54) is 34.6 Å². The van der Waals surface area contributed by atoms with Crippen LogP contribution >= 0.6 is 27.5 Å². The number of carbonyl (C=O) groups is 1. The van der Waals surface area contributed by atoms with Crippen molar-refractivity contribution in [3.05, 3.63) is 52.0 Å². The zero-order valence-electron chi connectivity index (χ0n) is 16.2. The molecule has 1 N–H and O–H groups in total. The summed E-state index contributed by atoms with van der Waals surface area (Å²) in [6.45, 7) is 4.11. The van der Waals surface area contributed by atoms with Gasteiger partial charge in [0.15, 0.2) is 0 Å². The number of hydrogen-bond donors (Lipinski definition) is 1. The summed E-state index contributed by atoms with van der Waals surface area (Å²) in [6.07, 6.45) is 1.12. The molecule has 1 aliphatic heterocycles. The quantitative estimate of drug-likeness (QED) is 0.564. The summed E-state index contributed by atoms with van der Waals surface area (Å²) >= 11 is 8.18. The van der Waals surface area contributed by atoms with Gasteiger partial charge in [0.1, 0.15) is 5.75 Å². The van der Waals surface area contributed by atoms with Crippen molar-refractivity contribution in [2.24, 2.45) is 0 Å². The number of amides is 1. The number of hydrogen-bond acceptors (Lipinski definition) is 4. The fourth-order valence-electron chi connectivity index (χ4n) is 3.35. The van der Waals surface area contributed by atoms with E-state index in [1.807, 2.05) is 13.8 Å². The number of fused-ring (bicyclic) bond motifs is 1. The molecule has 6 nitrogen and oxygen atoms in total. The Morgan fingerprint density at radius 2 is 1.87 bits per heavy atom. The monoisotopic (exact) mass is 522 g/mol. The fourth-order valence-corrected chi connectivity index (χ4v) is 5.49. The fraction of sp³-hybridized carbons (Fsp3) is 0.316. The van der Waals surface area contributed by atoms with E-state index < -0.39 is 26.9 Å². The summed E-state index contributed by atoms with van der Waals surface area (Å²) in [5.74, 6) is -0.660. The number of rotatable bonds is 5. The first kappa shape index (κ1) is 22.8. The Hall–Kier alpha value is -1.91. The van der Waals surface area contributed by atoms with Gasteiger partial charge in [0, 0.05) is 39.3 Å². The van der Waals surface area contributed by atoms with Crippen molar-refractivity contribution < 1.29 is 26.7 Å². The van der Waals surface area contributed by atoms with Crippen molar-refractivity contribution in [3.63, 3.8) is 0 Å². The highest BCUT2D eigenvalue weighted by atomic mass is 79.9. The highest BCUT2D eigenvalue weighted by Gasteiger charge is 2.41. The Kier molecular flexibility index (Phi) is 5.81. The molecule has 0 saturated heterocycles. The molecule has 11 heteroatoms. The molecule has 0 aliphatic carbocycles. The van der Waals surface area contributed by atoms with Crippen LogP contribution in [0.15, 0.2) is 40.9 Å². The second-order valence-corrected chi connectivity index (χ2v) is 10.7. The van der Waals surface area contributed by atoms with Gasteiger partial charge in [0.2, 0.25) is 10.0 Å². The summed E-state index contributed by atoms with van der Waals surface area (Å²) in [6, 6.07) is 8.37. The highest BCUT2D eigenvalue weighted by molar-refractivity contribution is 9.10. The molecule has 30 heavy (non-hydrogen) atoms. The molecular formula is C19H18BrClF2N2O4S. The maximum Gasteiger partial charge on any atom is 0.487 e. The van der Waals surface area contributed by atoms with Crippen LogP contribution in [0.3, 0.4) is 0 Å². The van der Waals surface area contributed by atoms with Gasteiger partial charge in [0.25, 0.3) is 5.91 Å². The van der Waals surface area contributed by atoms with E-state index in [9.17, 15) is 22.0 Å². The van der Waals surface area contributed by atoms with Crippen LogP contribution in [0, 0.1) is 0 Å². The lowest BCUT2D eigenvalue weighted by molar-refractivity contribution is -0.0964. The van der Waals surface area contributed by atoms with Gasteiger partial charge in [-0.3, -0.25) is 9.10 Å². The van der Waals surface area contributed by atoms with E-state index in [-0.39, 0.29) is 17.9 Å². The Labute approximate surface area is 186 Å². The predicted molar refractivity (Wildman–Crippen MR) is 115 cm³/mol. The molecule has 162 valence electrons. The topological polar surface area (TPSA) is 75.7 Å². The van der Waals surface area contributed by atoms with Crippen molar-refractivity contribution in [2.45, 2.75) is 24.8 Å². The molecule has 0 atom stereocenters. The summed E-state index contributed by atoms with van der Waals surface area (Å²) in [7, 11) is -3.53. The lowest BCUT2D eigenvalue weighted by atomic mass is 9.86. The van der Waals surface area contributed by atoms with E-state index >= 15 is 0 Å². The third-order valence-corrected chi connectivity index (χ3v) is 6.39. The first-order valence-electron chi connectivity index (χ1n) is 8.66. The number of halogens is 4. The van der Waals surface area contributed by atoms with Crippen LogP contribution in [0.4, 0.5) is 20.2 Å². The van der Waals surface area contributed by atoms with Gasteiger partial charge in [-0.15, -0.1) is 8.78 Å². The van der Waals surface area contributed by atoms with Crippen molar-refractivity contribution in [3.8, 4) is 5.75 Å². The van der Waals surface area contributed by atoms with Crippen LogP contribution in [0.2, 0.25) is 0 Å². The average Bonchev–Trinajstić information content (AvgIpc) is 2.87. The second kappa shape index (κ2) is 7.65. The number of benzene rings is 2. The zero-order chi connectivity index (χ0) is 22.5. The number of ether oxygens (including phenoxy) is 1. The predicted octanol–water partition coefficient (Wildman–Crippen LogP) is 4.93. The Morgan fingerprint density at radius 1 is 1.27 bits per heavy atom. The lowest BCUT2D eigenvalue weighted by Gasteiger charge is -2.20. The largest absolute Gasteiger partial charge is 0.487 e. The minimum atomic E-state index is -3.83. The molecule has 0 spiro atoms. The molecule has 0 aromatic heterocycles. The average molecular weight is 524 g/mol. The van der Waals surface area contributed by atoms with Gasteiger partial charge >= 0.3 is 5.57 Å². The molecule has 2 aromatic rings. The first-order chi connectivity index (χ1) is 13.7. The standard InChI is InChI=1S/C19H18BrClF2N2O4S/c1-18(2)10-25(30(3,27)28)15-9-11(8-14(20)16(15)18)17(26)24-12-4-6-13(7-5-12)29-19(21,22)23/h4-9H,10H2,1-3H3,(H,24,26). The van der Waals surface area contributed by atoms with Gasteiger partial charge in [-0.1, -0.05) is 29.8 Å². The molecule has 2 aromatic carbocycles. The van der Waals surface area contributed by atoms with Gasteiger partial charge in [0.05, 0.1) is 11.9 Å². The van der Waals surface area contributed by atoms with Crippen molar-refractivity contribution >= 4 is 54.8 Å². The maximum absolute atomic E-state index is 12.7. The molecule has 1 amide bonds. The van der Waals surface area contributed by atoms with E-state index in [4.69, 9.17) is 11.6 Å². The van der Waals surface area contributed by atoms with Crippen molar-refractivity contribution in [1.82, 2.24) is 0 Å². The van der Waals surface area contributed by atoms with E-state index in [2.05, 4.69) is 26.0 Å². The van der Waals surface area contributed by atoms with Gasteiger partial charge in [-0.05, 0) is 42.0 Å². The summed E-state index contributed by atoms with van der Waals surface area (Å²) in [5.41, 5.74) is -2.46. The van der Waals surface area contributed by atoms with Crippen LogP contribution in [-0.4, -0.2) is 32.7 Å². The molecule has 0 unspecified atom stereocenters. The lowest BCUT2D eigenvalue weighted by Crippen LogP contribution is -2.33. The van der Waals surface area contributed by atoms with Crippen molar-refractivity contribution in [2.75, 3.05) is 22.4 Å². The Balaban J connectivity index is 1.89. The number of nitrogens with one attached hydrogen (secondary N) is 1. The molecule has 1 heterocycles. The second-order valence-electron chi connectivity index (χ2n) is 7.53. The molecular weight excluding hydrogens is 506 g/mol. The molecule has 3 rings (SSSR count). The third kappa shape index (κ3) is 4.87. The number of sulfonamides is 1. The number of anilines is 2. The number of carbonyl (C=O) groups excluding carboxylic acids is 1.